The summed E-state index contributed by atoms with van der Waals surface area (Å²) in [6, 6.07) is 8.87. The molecule has 2 saturated carbocycles. The molecule has 1 aromatic heterocycles. The molecule has 0 spiro atoms. The van der Waals surface area contributed by atoms with Gasteiger partial charge < -0.3 is 9.88 Å². The molecule has 162 valence electrons. The first kappa shape index (κ1) is 20.0. The molecule has 2 N–H and O–H groups in total. The Kier molecular flexibility index (Phi) is 4.96. The van der Waals surface area contributed by atoms with Crippen molar-refractivity contribution in [2.75, 3.05) is 5.75 Å². The fourth-order valence-corrected chi connectivity index (χ4v) is 4.81. The molecular weight excluding hydrogens is 416 g/mol. The average Bonchev–Trinajstić information content (AvgIpc) is 3.72. The second kappa shape index (κ2) is 7.67. The van der Waals surface area contributed by atoms with Crippen LogP contribution in [0.5, 0.6) is 0 Å². The van der Waals surface area contributed by atoms with Crippen molar-refractivity contribution in [2.45, 2.75) is 61.7 Å². The fourth-order valence-electron chi connectivity index (χ4n) is 4.01. The molecule has 10 heteroatoms. The summed E-state index contributed by atoms with van der Waals surface area (Å²) in [5, 5.41) is 12.9. The first-order valence-electron chi connectivity index (χ1n) is 10.6. The van der Waals surface area contributed by atoms with Gasteiger partial charge in [0.25, 0.3) is 5.91 Å². The zero-order valence-corrected chi connectivity index (χ0v) is 18.0. The number of rotatable bonds is 8. The van der Waals surface area contributed by atoms with Gasteiger partial charge in [0, 0.05) is 12.0 Å². The van der Waals surface area contributed by atoms with Crippen molar-refractivity contribution in [3.8, 4) is 0 Å². The largest absolute Gasteiger partial charge is 0.344 e. The van der Waals surface area contributed by atoms with Crippen LogP contribution in [0.1, 0.15) is 62.4 Å². The number of urea groups is 1. The molecule has 2 aromatic rings. The molecule has 9 nitrogen and oxygen atoms in total. The van der Waals surface area contributed by atoms with Gasteiger partial charge in [0.15, 0.2) is 5.16 Å². The van der Waals surface area contributed by atoms with E-state index in [0.717, 1.165) is 41.7 Å². The number of carbonyl (C=O) groups is 3. The van der Waals surface area contributed by atoms with E-state index in [4.69, 9.17) is 0 Å². The number of hydrazine groups is 1. The van der Waals surface area contributed by atoms with Crippen molar-refractivity contribution < 1.29 is 14.4 Å². The topological polar surface area (TPSA) is 109 Å². The van der Waals surface area contributed by atoms with Crippen LogP contribution < -0.4 is 10.7 Å². The summed E-state index contributed by atoms with van der Waals surface area (Å²) in [5.41, 5.74) is 1.98. The molecule has 4 amide bonds. The second-order valence-electron chi connectivity index (χ2n) is 8.24. The number of nitrogens with zero attached hydrogens (tertiary/aromatic N) is 4. The molecule has 2 heterocycles. The lowest BCUT2D eigenvalue weighted by Crippen LogP contribution is -2.49. The summed E-state index contributed by atoms with van der Waals surface area (Å²) in [7, 11) is 0. The Bertz CT molecular complexity index is 1030. The van der Waals surface area contributed by atoms with Gasteiger partial charge in [0.05, 0.1) is 5.75 Å². The highest BCUT2D eigenvalue weighted by Gasteiger charge is 2.52. The summed E-state index contributed by atoms with van der Waals surface area (Å²) in [5.74, 6) is 0.628. The third-order valence-corrected chi connectivity index (χ3v) is 6.95. The molecule has 1 saturated heterocycles. The minimum absolute atomic E-state index is 0.0387. The highest BCUT2D eigenvalue weighted by molar-refractivity contribution is 7.99. The number of carbonyl (C=O) groups excluding carboxylic acids is 3. The molecule has 1 unspecified atom stereocenters. The van der Waals surface area contributed by atoms with Crippen LogP contribution in [0.2, 0.25) is 0 Å². The number of imide groups is 1. The highest BCUT2D eigenvalue weighted by atomic mass is 32.2. The van der Waals surface area contributed by atoms with E-state index in [-0.39, 0.29) is 5.75 Å². The predicted molar refractivity (Wildman–Crippen MR) is 113 cm³/mol. The number of thioether (sulfide) groups is 1. The van der Waals surface area contributed by atoms with Gasteiger partial charge >= 0.3 is 6.03 Å². The van der Waals surface area contributed by atoms with E-state index >= 15 is 0 Å². The van der Waals surface area contributed by atoms with Crippen LogP contribution in [-0.2, 0) is 15.1 Å². The van der Waals surface area contributed by atoms with E-state index < -0.39 is 23.4 Å². The quantitative estimate of drug-likeness (QED) is 0.482. The van der Waals surface area contributed by atoms with Crippen LogP contribution in [0, 0.1) is 0 Å². The molecule has 31 heavy (non-hydrogen) atoms. The van der Waals surface area contributed by atoms with Crippen molar-refractivity contribution >= 4 is 29.6 Å². The minimum atomic E-state index is -1.18. The summed E-state index contributed by atoms with van der Waals surface area (Å²) in [4.78, 5) is 38.2. The average molecular weight is 441 g/mol. The van der Waals surface area contributed by atoms with Gasteiger partial charge in [-0.1, -0.05) is 49.0 Å². The van der Waals surface area contributed by atoms with Crippen LogP contribution >= 0.6 is 11.8 Å². The lowest BCUT2D eigenvalue weighted by atomic mass is 9.87. The lowest BCUT2D eigenvalue weighted by Gasteiger charge is -2.25. The van der Waals surface area contributed by atoms with Gasteiger partial charge in [-0.3, -0.25) is 15.0 Å². The summed E-state index contributed by atoms with van der Waals surface area (Å²) in [6.07, 6.45) is 4.87. The Morgan fingerprint density at radius 3 is 2.58 bits per heavy atom. The first-order chi connectivity index (χ1) is 15.0. The summed E-state index contributed by atoms with van der Waals surface area (Å²) < 4.78 is 2.17. The van der Waals surface area contributed by atoms with Crippen molar-refractivity contribution in [1.82, 2.24) is 30.5 Å². The van der Waals surface area contributed by atoms with Gasteiger partial charge in [0.1, 0.15) is 11.4 Å². The van der Waals surface area contributed by atoms with Crippen LogP contribution in [0.25, 0.3) is 0 Å². The van der Waals surface area contributed by atoms with Gasteiger partial charge in [0.2, 0.25) is 5.91 Å². The van der Waals surface area contributed by atoms with Crippen LogP contribution in [0.15, 0.2) is 35.5 Å². The van der Waals surface area contributed by atoms with E-state index in [9.17, 15) is 14.4 Å². The molecule has 1 aliphatic heterocycles. The van der Waals surface area contributed by atoms with Crippen molar-refractivity contribution in [2.24, 2.45) is 0 Å². The maximum absolute atomic E-state index is 13.1. The first-order valence-corrected chi connectivity index (χ1v) is 11.6. The van der Waals surface area contributed by atoms with Crippen LogP contribution in [0.4, 0.5) is 4.79 Å². The Morgan fingerprint density at radius 2 is 1.94 bits per heavy atom. The Labute approximate surface area is 183 Å². The van der Waals surface area contributed by atoms with Gasteiger partial charge in [-0.25, -0.2) is 4.79 Å². The fraction of sp³-hybridized carbons (Fsp3) is 0.476. The second-order valence-corrected chi connectivity index (χ2v) is 9.18. The van der Waals surface area contributed by atoms with Crippen molar-refractivity contribution in [3.63, 3.8) is 0 Å². The number of hydrogen-bond donors (Lipinski definition) is 2. The number of hydrogen-bond acceptors (Lipinski definition) is 6. The maximum Gasteiger partial charge on any atom is 0.344 e. The molecule has 1 aromatic carbocycles. The van der Waals surface area contributed by atoms with Gasteiger partial charge in [-0.2, -0.15) is 5.01 Å². The zero-order chi connectivity index (χ0) is 21.6. The molecule has 0 bridgehead atoms. The summed E-state index contributed by atoms with van der Waals surface area (Å²) >= 11 is 1.28. The molecule has 3 fully saturated rings. The number of benzene rings is 1. The SMILES string of the molecule is CCC1(c2ccccc2)NC(=O)N(NC(=O)CSc2nnc(C3CC3)n2C2CC2)C1=O. The maximum atomic E-state index is 13.1. The van der Waals surface area contributed by atoms with Crippen molar-refractivity contribution in [3.05, 3.63) is 41.7 Å². The highest BCUT2D eigenvalue weighted by Crippen LogP contribution is 2.46. The number of amides is 4. The van der Waals surface area contributed by atoms with E-state index in [1.54, 1.807) is 12.1 Å². The molecule has 2 aliphatic carbocycles. The predicted octanol–water partition coefficient (Wildman–Crippen LogP) is 2.47. The van der Waals surface area contributed by atoms with Crippen molar-refractivity contribution in [1.29, 1.82) is 0 Å². The van der Waals surface area contributed by atoms with E-state index in [0.29, 0.717) is 23.9 Å². The molecule has 3 aliphatic rings. The molecule has 0 radical (unpaired) electrons. The van der Waals surface area contributed by atoms with Gasteiger partial charge in [-0.05, 0) is 37.7 Å². The minimum Gasteiger partial charge on any atom is -0.318 e. The molecule has 1 atom stereocenters. The van der Waals surface area contributed by atoms with E-state index in [2.05, 4.69) is 25.5 Å². The summed E-state index contributed by atoms with van der Waals surface area (Å²) in [6.45, 7) is 1.83. The zero-order valence-electron chi connectivity index (χ0n) is 17.2. The molecule has 5 rings (SSSR count). The number of aromatic nitrogens is 3. The Hall–Kier alpha value is -2.88. The van der Waals surface area contributed by atoms with Crippen LogP contribution in [0.3, 0.4) is 0 Å². The van der Waals surface area contributed by atoms with E-state index in [1.165, 1.54) is 11.8 Å². The van der Waals surface area contributed by atoms with Crippen LogP contribution in [-0.4, -0.2) is 43.4 Å². The molecular formula is C21H24N6O3S. The Morgan fingerprint density at radius 1 is 1.19 bits per heavy atom. The lowest BCUT2D eigenvalue weighted by molar-refractivity contribution is -0.138. The van der Waals surface area contributed by atoms with E-state index in [1.807, 2.05) is 25.1 Å². The van der Waals surface area contributed by atoms with Gasteiger partial charge in [-0.15, -0.1) is 10.2 Å². The third kappa shape index (κ3) is 3.58. The smallest absolute Gasteiger partial charge is 0.318 e. The normalized spacial score (nSPS) is 23.2. The Balaban J connectivity index is 1.26. The monoisotopic (exact) mass is 440 g/mol. The number of nitrogens with one attached hydrogen (secondary N) is 2. The third-order valence-electron chi connectivity index (χ3n) is 6.00. The standard InChI is InChI=1S/C21H24N6O3S/c1-2-21(14-6-4-3-5-7-14)18(29)27(19(30)22-21)25-16(28)12-31-20-24-23-17(13-8-9-13)26(20)15-10-11-15/h3-7,13,15H,2,8-12H2,1H3,(H,22,30)(H,25,28).